The van der Waals surface area contributed by atoms with Crippen molar-refractivity contribution in [1.29, 1.82) is 5.26 Å². The lowest BCUT2D eigenvalue weighted by molar-refractivity contribution is 0.417. The Morgan fingerprint density at radius 2 is 2.00 bits per heavy atom. The van der Waals surface area contributed by atoms with Crippen LogP contribution >= 0.6 is 0 Å². The molecule has 1 fully saturated rings. The molecule has 1 aliphatic rings. The molecule has 2 heterocycles. The average molecular weight is 488 g/mol. The zero-order valence-electron chi connectivity index (χ0n) is 23.4. The van der Waals surface area contributed by atoms with Crippen LogP contribution in [0.25, 0.3) is 12.2 Å². The Morgan fingerprint density at radius 1 is 1.22 bits per heavy atom. The fourth-order valence-corrected chi connectivity index (χ4v) is 4.79. The maximum absolute atomic E-state index is 9.21. The van der Waals surface area contributed by atoms with Gasteiger partial charge in [0.2, 0.25) is 0 Å². The summed E-state index contributed by atoms with van der Waals surface area (Å²) in [6.07, 6.45) is 13.0. The minimum Gasteiger partial charge on any atom is -0.364 e. The molecular formula is C31H45N5. The number of allylic oxidation sites excluding steroid dienone is 2. The predicted molar refractivity (Wildman–Crippen MR) is 153 cm³/mol. The van der Waals surface area contributed by atoms with E-state index in [1.54, 1.807) is 0 Å². The molecular weight excluding hydrogens is 442 g/mol. The third kappa shape index (κ3) is 8.60. The molecule has 36 heavy (non-hydrogen) atoms. The Kier molecular flexibility index (Phi) is 12.4. The van der Waals surface area contributed by atoms with Crippen LogP contribution in [-0.4, -0.2) is 22.8 Å². The number of nitrogens with one attached hydrogen (secondary N) is 2. The Balaban J connectivity index is 0.000000380. The molecule has 0 aliphatic carbocycles. The lowest BCUT2D eigenvalue weighted by Crippen LogP contribution is -2.33. The minimum atomic E-state index is 0.597. The SMILES string of the molecule is C/C=c1/c(C)nnc(NCc2cccc(C#N)c2C)/c1=C/C(C)=C/CC.CCC1CCCNC(C)C1. The van der Waals surface area contributed by atoms with E-state index in [9.17, 15) is 5.26 Å². The van der Waals surface area contributed by atoms with Gasteiger partial charge in [-0.15, -0.1) is 5.10 Å². The van der Waals surface area contributed by atoms with Crippen LogP contribution in [0.4, 0.5) is 5.82 Å². The second kappa shape index (κ2) is 15.2. The van der Waals surface area contributed by atoms with Crippen molar-refractivity contribution >= 4 is 18.0 Å². The molecule has 2 aromatic rings. The predicted octanol–water partition coefficient (Wildman–Crippen LogP) is 5.69. The zero-order valence-corrected chi connectivity index (χ0v) is 23.4. The molecule has 0 saturated carbocycles. The molecule has 5 heteroatoms. The summed E-state index contributed by atoms with van der Waals surface area (Å²) in [6.45, 7) is 16.6. The summed E-state index contributed by atoms with van der Waals surface area (Å²) in [6, 6.07) is 8.78. The molecule has 0 radical (unpaired) electrons. The first-order valence-electron chi connectivity index (χ1n) is 13.5. The Labute approximate surface area is 218 Å². The highest BCUT2D eigenvalue weighted by molar-refractivity contribution is 5.54. The van der Waals surface area contributed by atoms with E-state index in [-0.39, 0.29) is 0 Å². The highest BCUT2D eigenvalue weighted by Gasteiger charge is 2.14. The molecule has 3 rings (SSSR count). The molecule has 1 aromatic heterocycles. The topological polar surface area (TPSA) is 73.6 Å². The first-order chi connectivity index (χ1) is 17.3. The molecule has 1 aliphatic heterocycles. The molecule has 0 spiro atoms. The molecule has 0 amide bonds. The van der Waals surface area contributed by atoms with E-state index >= 15 is 0 Å². The van der Waals surface area contributed by atoms with Gasteiger partial charge in [-0.3, -0.25) is 0 Å². The molecule has 1 aromatic carbocycles. The molecule has 2 N–H and O–H groups in total. The van der Waals surface area contributed by atoms with Crippen molar-refractivity contribution in [2.75, 3.05) is 11.9 Å². The van der Waals surface area contributed by atoms with Crippen LogP contribution in [0.2, 0.25) is 0 Å². The van der Waals surface area contributed by atoms with Gasteiger partial charge in [0.25, 0.3) is 0 Å². The fraction of sp³-hybridized carbons (Fsp3) is 0.516. The van der Waals surface area contributed by atoms with Gasteiger partial charge < -0.3 is 10.6 Å². The van der Waals surface area contributed by atoms with E-state index < -0.39 is 0 Å². The number of hydrogen-bond acceptors (Lipinski definition) is 5. The van der Waals surface area contributed by atoms with Crippen molar-refractivity contribution < 1.29 is 0 Å². The number of anilines is 1. The Morgan fingerprint density at radius 3 is 2.67 bits per heavy atom. The summed E-state index contributed by atoms with van der Waals surface area (Å²) < 4.78 is 0. The van der Waals surface area contributed by atoms with Crippen LogP contribution in [0.1, 0.15) is 89.1 Å². The van der Waals surface area contributed by atoms with Crippen LogP contribution in [0.15, 0.2) is 29.8 Å². The Hall–Kier alpha value is -2.97. The maximum Gasteiger partial charge on any atom is 0.156 e. The summed E-state index contributed by atoms with van der Waals surface area (Å²) >= 11 is 0. The van der Waals surface area contributed by atoms with Gasteiger partial charge in [-0.25, -0.2) is 0 Å². The molecule has 2 atom stereocenters. The second-order valence-corrected chi connectivity index (χ2v) is 9.81. The number of nitrogens with zero attached hydrogens (tertiary/aromatic N) is 3. The van der Waals surface area contributed by atoms with Gasteiger partial charge >= 0.3 is 0 Å². The number of rotatable bonds is 6. The van der Waals surface area contributed by atoms with E-state index in [1.165, 1.54) is 37.8 Å². The number of hydrogen-bond donors (Lipinski definition) is 2. The normalized spacial score (nSPS) is 19.2. The smallest absolute Gasteiger partial charge is 0.156 e. The number of aromatic nitrogens is 2. The van der Waals surface area contributed by atoms with Gasteiger partial charge in [-0.2, -0.15) is 10.4 Å². The quantitative estimate of drug-likeness (QED) is 0.548. The van der Waals surface area contributed by atoms with E-state index in [0.29, 0.717) is 12.1 Å². The van der Waals surface area contributed by atoms with Crippen LogP contribution in [0, 0.1) is 31.1 Å². The van der Waals surface area contributed by atoms with Gasteiger partial charge in [-0.1, -0.05) is 50.1 Å². The lowest BCUT2D eigenvalue weighted by Gasteiger charge is -2.14. The molecule has 2 unspecified atom stereocenters. The molecule has 0 bridgehead atoms. The highest BCUT2D eigenvalue weighted by Crippen LogP contribution is 2.19. The van der Waals surface area contributed by atoms with E-state index in [4.69, 9.17) is 0 Å². The Bertz CT molecular complexity index is 1170. The van der Waals surface area contributed by atoms with Crippen LogP contribution in [-0.2, 0) is 6.54 Å². The van der Waals surface area contributed by atoms with Crippen molar-refractivity contribution in [3.8, 4) is 6.07 Å². The average Bonchev–Trinajstić information content (AvgIpc) is 3.09. The van der Waals surface area contributed by atoms with Crippen molar-refractivity contribution in [3.05, 3.63) is 62.7 Å². The van der Waals surface area contributed by atoms with Crippen LogP contribution in [0.5, 0.6) is 0 Å². The van der Waals surface area contributed by atoms with Gasteiger partial charge in [0.1, 0.15) is 0 Å². The summed E-state index contributed by atoms with van der Waals surface area (Å²) in [4.78, 5) is 0. The summed E-state index contributed by atoms with van der Waals surface area (Å²) in [5.74, 6) is 1.75. The molecule has 5 nitrogen and oxygen atoms in total. The van der Waals surface area contributed by atoms with E-state index in [2.05, 4.69) is 72.8 Å². The van der Waals surface area contributed by atoms with Crippen molar-refractivity contribution in [1.82, 2.24) is 15.5 Å². The zero-order chi connectivity index (χ0) is 26.5. The first-order valence-corrected chi connectivity index (χ1v) is 13.5. The fourth-order valence-electron chi connectivity index (χ4n) is 4.79. The van der Waals surface area contributed by atoms with Crippen molar-refractivity contribution in [2.24, 2.45) is 5.92 Å². The second-order valence-electron chi connectivity index (χ2n) is 9.81. The van der Waals surface area contributed by atoms with Crippen molar-refractivity contribution in [2.45, 2.75) is 93.2 Å². The largest absolute Gasteiger partial charge is 0.364 e. The third-order valence-electron chi connectivity index (χ3n) is 6.98. The minimum absolute atomic E-state index is 0.597. The third-order valence-corrected chi connectivity index (χ3v) is 6.98. The van der Waals surface area contributed by atoms with Gasteiger partial charge in [-0.05, 0) is 96.0 Å². The summed E-state index contributed by atoms with van der Waals surface area (Å²) in [5, 5.41) is 27.0. The van der Waals surface area contributed by atoms with Crippen LogP contribution in [0.3, 0.4) is 0 Å². The van der Waals surface area contributed by atoms with Crippen molar-refractivity contribution in [3.63, 3.8) is 0 Å². The highest BCUT2D eigenvalue weighted by atomic mass is 15.2. The van der Waals surface area contributed by atoms with E-state index in [0.717, 1.165) is 51.5 Å². The van der Waals surface area contributed by atoms with E-state index in [1.807, 2.05) is 39.0 Å². The van der Waals surface area contributed by atoms with Crippen LogP contribution < -0.4 is 21.1 Å². The van der Waals surface area contributed by atoms with Gasteiger partial charge in [0, 0.05) is 23.0 Å². The monoisotopic (exact) mass is 487 g/mol. The number of aryl methyl sites for hydroxylation is 1. The summed E-state index contributed by atoms with van der Waals surface area (Å²) in [7, 11) is 0. The molecule has 194 valence electrons. The number of nitriles is 1. The number of benzene rings is 1. The van der Waals surface area contributed by atoms with Gasteiger partial charge in [0.15, 0.2) is 5.82 Å². The molecule has 1 saturated heterocycles. The maximum atomic E-state index is 9.21. The summed E-state index contributed by atoms with van der Waals surface area (Å²) in [5.41, 5.74) is 4.90. The lowest BCUT2D eigenvalue weighted by atomic mass is 9.95. The standard InChI is InChI=1S/C22H26N4.C9H19N/c1-6-9-15(3)12-21-20(7-2)17(5)25-26-22(21)24-14-19-11-8-10-18(13-23)16(19)4;1-3-9-5-4-6-10-8(2)7-9/h7-12H,6,14H2,1-5H3,(H,24,26);8-10H,3-7H2,1-2H3/b15-9+,20-7-,21-12+;. The van der Waals surface area contributed by atoms with Gasteiger partial charge in [0.05, 0.1) is 17.3 Å². The first kappa shape index (κ1) is 29.3.